The summed E-state index contributed by atoms with van der Waals surface area (Å²) in [5, 5.41) is 9.37. The Morgan fingerprint density at radius 3 is 2.53 bits per heavy atom. The molecule has 0 aromatic carbocycles. The van der Waals surface area contributed by atoms with E-state index in [2.05, 4.69) is 0 Å². The van der Waals surface area contributed by atoms with Gasteiger partial charge in [0.05, 0.1) is 5.41 Å². The molecule has 0 radical (unpaired) electrons. The predicted octanol–water partition coefficient (Wildman–Crippen LogP) is 1.70. The fourth-order valence-corrected chi connectivity index (χ4v) is 2.67. The van der Waals surface area contributed by atoms with Crippen molar-refractivity contribution in [2.24, 2.45) is 11.3 Å². The van der Waals surface area contributed by atoms with Crippen molar-refractivity contribution in [2.75, 3.05) is 25.1 Å². The summed E-state index contributed by atoms with van der Waals surface area (Å²) in [7, 11) is 0. The van der Waals surface area contributed by atoms with E-state index in [0.717, 1.165) is 5.75 Å². The van der Waals surface area contributed by atoms with Crippen molar-refractivity contribution in [1.82, 2.24) is 4.90 Å². The minimum absolute atomic E-state index is 0.0540. The quantitative estimate of drug-likeness (QED) is 0.816. The molecule has 5 heteroatoms. The van der Waals surface area contributed by atoms with Crippen LogP contribution >= 0.6 is 11.8 Å². The van der Waals surface area contributed by atoms with Crippen LogP contribution in [0.25, 0.3) is 0 Å². The van der Waals surface area contributed by atoms with Gasteiger partial charge in [-0.1, -0.05) is 13.8 Å². The minimum Gasteiger partial charge on any atom is -0.481 e. The van der Waals surface area contributed by atoms with Gasteiger partial charge in [0, 0.05) is 25.3 Å². The number of rotatable bonds is 5. The number of aliphatic carboxylic acids is 1. The molecule has 0 aromatic rings. The summed E-state index contributed by atoms with van der Waals surface area (Å²) in [4.78, 5) is 25.0. The van der Waals surface area contributed by atoms with E-state index in [9.17, 15) is 14.7 Å². The Balaban J connectivity index is 2.67. The maximum absolute atomic E-state index is 11.9. The molecule has 1 saturated heterocycles. The Kier molecular flexibility index (Phi) is 4.86. The molecule has 1 aliphatic rings. The van der Waals surface area contributed by atoms with Gasteiger partial charge >= 0.3 is 5.97 Å². The van der Waals surface area contributed by atoms with E-state index in [1.807, 2.05) is 20.1 Å². The largest absolute Gasteiger partial charge is 0.481 e. The third-order valence-corrected chi connectivity index (χ3v) is 4.32. The number of hydrogen-bond acceptors (Lipinski definition) is 3. The molecule has 1 atom stereocenters. The Hall–Kier alpha value is -0.710. The molecule has 0 aromatic heterocycles. The number of carbonyl (C=O) groups excluding carboxylic acids is 1. The lowest BCUT2D eigenvalue weighted by Gasteiger charge is -2.28. The number of carbonyl (C=O) groups is 2. The van der Waals surface area contributed by atoms with Crippen LogP contribution in [-0.4, -0.2) is 47.0 Å². The standard InChI is InChI=1S/C12H21NO3S/c1-9(2)12(11(15)16)5-6-13(8-12)10(14)4-7-17-3/h9H,4-8H2,1-3H3,(H,15,16). The third kappa shape index (κ3) is 2.94. The van der Waals surface area contributed by atoms with Crippen molar-refractivity contribution in [1.29, 1.82) is 0 Å². The first kappa shape index (κ1) is 14.4. The van der Waals surface area contributed by atoms with Crippen LogP contribution in [0.4, 0.5) is 0 Å². The monoisotopic (exact) mass is 259 g/mol. The van der Waals surface area contributed by atoms with Crippen molar-refractivity contribution in [3.8, 4) is 0 Å². The summed E-state index contributed by atoms with van der Waals surface area (Å²) < 4.78 is 0. The number of amides is 1. The van der Waals surface area contributed by atoms with Gasteiger partial charge in [-0.15, -0.1) is 0 Å². The molecular formula is C12H21NO3S. The lowest BCUT2D eigenvalue weighted by Crippen LogP contribution is -2.40. The molecule has 1 N–H and O–H groups in total. The van der Waals surface area contributed by atoms with E-state index in [0.29, 0.717) is 25.9 Å². The van der Waals surface area contributed by atoms with Gasteiger partial charge in [0.2, 0.25) is 5.91 Å². The SMILES string of the molecule is CSCCC(=O)N1CCC(C(=O)O)(C(C)C)C1. The second-order valence-corrected chi connectivity index (χ2v) is 5.91. The van der Waals surface area contributed by atoms with Gasteiger partial charge in [-0.05, 0) is 18.6 Å². The summed E-state index contributed by atoms with van der Waals surface area (Å²) in [5.41, 5.74) is -0.741. The molecule has 0 spiro atoms. The number of carboxylic acid groups (broad SMARTS) is 1. The van der Waals surface area contributed by atoms with E-state index in [1.54, 1.807) is 16.7 Å². The molecule has 1 rings (SSSR count). The van der Waals surface area contributed by atoms with Gasteiger partial charge in [-0.3, -0.25) is 9.59 Å². The van der Waals surface area contributed by atoms with Gasteiger partial charge in [0.1, 0.15) is 0 Å². The molecule has 1 fully saturated rings. The maximum Gasteiger partial charge on any atom is 0.311 e. The van der Waals surface area contributed by atoms with Crippen molar-refractivity contribution in [3.63, 3.8) is 0 Å². The molecule has 1 amide bonds. The van der Waals surface area contributed by atoms with Crippen molar-refractivity contribution >= 4 is 23.6 Å². The molecule has 0 saturated carbocycles. The van der Waals surface area contributed by atoms with Crippen molar-refractivity contribution in [3.05, 3.63) is 0 Å². The predicted molar refractivity (Wildman–Crippen MR) is 69.1 cm³/mol. The van der Waals surface area contributed by atoms with Crippen molar-refractivity contribution in [2.45, 2.75) is 26.7 Å². The van der Waals surface area contributed by atoms with Crippen LogP contribution in [0, 0.1) is 11.3 Å². The second-order valence-electron chi connectivity index (χ2n) is 4.92. The molecule has 4 nitrogen and oxygen atoms in total. The zero-order valence-corrected chi connectivity index (χ0v) is 11.5. The summed E-state index contributed by atoms with van der Waals surface area (Å²) in [5.74, 6) is 0.172. The van der Waals surface area contributed by atoms with Crippen LogP contribution in [-0.2, 0) is 9.59 Å². The smallest absolute Gasteiger partial charge is 0.311 e. The highest BCUT2D eigenvalue weighted by molar-refractivity contribution is 7.98. The average Bonchev–Trinajstić information content (AvgIpc) is 2.72. The van der Waals surface area contributed by atoms with E-state index >= 15 is 0 Å². The molecule has 1 unspecified atom stereocenters. The van der Waals surface area contributed by atoms with Gasteiger partial charge in [0.15, 0.2) is 0 Å². The minimum atomic E-state index is -0.771. The fraction of sp³-hybridized carbons (Fsp3) is 0.833. The highest BCUT2D eigenvalue weighted by Crippen LogP contribution is 2.38. The second kappa shape index (κ2) is 5.76. The van der Waals surface area contributed by atoms with Gasteiger partial charge < -0.3 is 10.0 Å². The Morgan fingerprint density at radius 1 is 1.47 bits per heavy atom. The number of thioether (sulfide) groups is 1. The number of carboxylic acids is 1. The first-order chi connectivity index (χ1) is 7.94. The van der Waals surface area contributed by atoms with Gasteiger partial charge in [-0.2, -0.15) is 11.8 Å². The summed E-state index contributed by atoms with van der Waals surface area (Å²) in [6.45, 7) is 4.79. The zero-order chi connectivity index (χ0) is 13.1. The van der Waals surface area contributed by atoms with E-state index in [4.69, 9.17) is 0 Å². The molecular weight excluding hydrogens is 238 g/mol. The van der Waals surface area contributed by atoms with Crippen LogP contribution in [0.3, 0.4) is 0 Å². The molecule has 0 bridgehead atoms. The highest BCUT2D eigenvalue weighted by Gasteiger charge is 2.48. The number of likely N-dealkylation sites (tertiary alicyclic amines) is 1. The number of hydrogen-bond donors (Lipinski definition) is 1. The normalized spacial score (nSPS) is 24.4. The summed E-state index contributed by atoms with van der Waals surface area (Å²) in [6.07, 6.45) is 3.05. The molecule has 98 valence electrons. The molecule has 0 aliphatic carbocycles. The van der Waals surface area contributed by atoms with E-state index in [1.165, 1.54) is 0 Å². The first-order valence-corrected chi connectivity index (χ1v) is 7.33. The molecule has 1 heterocycles. The molecule has 1 aliphatic heterocycles. The summed E-state index contributed by atoms with van der Waals surface area (Å²) in [6, 6.07) is 0. The van der Waals surface area contributed by atoms with Crippen LogP contribution in [0.15, 0.2) is 0 Å². The lowest BCUT2D eigenvalue weighted by atomic mass is 9.76. The lowest BCUT2D eigenvalue weighted by molar-refractivity contribution is -0.151. The van der Waals surface area contributed by atoms with Gasteiger partial charge in [0.25, 0.3) is 0 Å². The third-order valence-electron chi connectivity index (χ3n) is 3.70. The molecule has 17 heavy (non-hydrogen) atoms. The Bertz CT molecular complexity index is 306. The van der Waals surface area contributed by atoms with Crippen LogP contribution in [0.1, 0.15) is 26.7 Å². The first-order valence-electron chi connectivity index (χ1n) is 5.94. The van der Waals surface area contributed by atoms with Crippen LogP contribution in [0.2, 0.25) is 0 Å². The van der Waals surface area contributed by atoms with Crippen LogP contribution < -0.4 is 0 Å². The Labute approximate surface area is 107 Å². The Morgan fingerprint density at radius 2 is 2.12 bits per heavy atom. The average molecular weight is 259 g/mol. The topological polar surface area (TPSA) is 57.6 Å². The highest BCUT2D eigenvalue weighted by atomic mass is 32.2. The fourth-order valence-electron chi connectivity index (χ4n) is 2.29. The maximum atomic E-state index is 11.9. The van der Waals surface area contributed by atoms with E-state index < -0.39 is 11.4 Å². The van der Waals surface area contributed by atoms with Crippen LogP contribution in [0.5, 0.6) is 0 Å². The number of nitrogens with zero attached hydrogens (tertiary/aromatic N) is 1. The van der Waals surface area contributed by atoms with Gasteiger partial charge in [-0.25, -0.2) is 0 Å². The summed E-state index contributed by atoms with van der Waals surface area (Å²) >= 11 is 1.64. The van der Waals surface area contributed by atoms with Crippen molar-refractivity contribution < 1.29 is 14.7 Å². The van der Waals surface area contributed by atoms with E-state index in [-0.39, 0.29) is 11.8 Å². The zero-order valence-electron chi connectivity index (χ0n) is 10.7.